The number of hydrogen-bond acceptors (Lipinski definition) is 10. The second-order valence-corrected chi connectivity index (χ2v) is 12.3. The third kappa shape index (κ3) is 7.44. The summed E-state index contributed by atoms with van der Waals surface area (Å²) in [6, 6.07) is 43.2. The Labute approximate surface area is 333 Å². The molecule has 0 N–H and O–H groups in total. The van der Waals surface area contributed by atoms with E-state index in [4.69, 9.17) is 14.4 Å². The van der Waals surface area contributed by atoms with Crippen molar-refractivity contribution in [2.75, 3.05) is 0 Å². The van der Waals surface area contributed by atoms with E-state index in [9.17, 15) is 0 Å². The first-order valence-corrected chi connectivity index (χ1v) is 17.5. The number of fused-ring (bicyclic) bond motifs is 8. The Bertz CT molecular complexity index is 2800. The van der Waals surface area contributed by atoms with Crippen LogP contribution in [-0.4, -0.2) is 44.9 Å². The molecule has 11 aromatic rings. The molecule has 0 unspecified atom stereocenters. The number of aromatic nitrogens is 9. The first-order chi connectivity index (χ1) is 27.3. The Kier molecular flexibility index (Phi) is 10.5. The van der Waals surface area contributed by atoms with Crippen molar-refractivity contribution in [2.45, 2.75) is 0 Å². The van der Waals surface area contributed by atoms with Gasteiger partial charge < -0.3 is 4.42 Å². The maximum Gasteiger partial charge on any atom is 6.00 e. The molecule has 0 aliphatic heterocycles. The Morgan fingerprint density at radius 3 is 1.30 bits per heavy atom. The maximum absolute atomic E-state index is 6.07. The fraction of sp³-hybridized carbons (Fsp3) is 0. The molecule has 0 atom stereocenters. The van der Waals surface area contributed by atoms with Gasteiger partial charge in [-0.2, -0.15) is 0 Å². The van der Waals surface area contributed by atoms with Gasteiger partial charge in [0.1, 0.15) is 11.2 Å². The van der Waals surface area contributed by atoms with E-state index in [1.165, 1.54) is 0 Å². The Hall–Kier alpha value is -7.23. The van der Waals surface area contributed by atoms with Gasteiger partial charge in [0, 0.05) is 48.0 Å². The number of oxazole rings is 1. The molecule has 0 bridgehead atoms. The summed E-state index contributed by atoms with van der Waals surface area (Å²) in [5.74, 6) is 0.447. The quantitative estimate of drug-likeness (QED) is 0.126. The molecule has 8 aromatic heterocycles. The topological polar surface area (TPSA) is 129 Å². The zero-order chi connectivity index (χ0) is 36.8. The van der Waals surface area contributed by atoms with Crippen molar-refractivity contribution in [2.24, 2.45) is 0 Å². The van der Waals surface area contributed by atoms with Crippen molar-refractivity contribution in [1.29, 1.82) is 0 Å². The van der Waals surface area contributed by atoms with Gasteiger partial charge in [0.05, 0.1) is 51.0 Å². The molecule has 0 saturated carbocycles. The van der Waals surface area contributed by atoms with Gasteiger partial charge in [-0.05, 0) is 95.7 Å². The minimum atomic E-state index is 0. The molecule has 0 aliphatic rings. The SMILES string of the molecule is [Ru+6].c1ccc(-c2ccccn2)nc1.c1ccc(-c2ccccn2)nc1.c1ccc2cc3oc(-c4cnc5c6cccnc6c6ncccc6c5n4)nc3cc2c1. The molecule has 0 spiro atoms. The van der Waals surface area contributed by atoms with Crippen LogP contribution in [0.1, 0.15) is 0 Å². The predicted molar refractivity (Wildman–Crippen MR) is 216 cm³/mol. The molecule has 11 rings (SSSR count). The van der Waals surface area contributed by atoms with Crippen molar-refractivity contribution in [3.8, 4) is 34.4 Å². The molecule has 0 radical (unpaired) electrons. The summed E-state index contributed by atoms with van der Waals surface area (Å²) in [5, 5.41) is 4.06. The second kappa shape index (κ2) is 16.4. The molecular formula is C45H29N9ORu+6. The standard InChI is InChI=1S/C25H13N5O.2C10H8N2.Ru/c1-2-6-15-12-20-18(11-14(15)5-1)30-25(31-20)19-13-28-23-16-7-3-9-26-21(16)22-17(24(23)29-19)8-4-10-27-22;2*1-3-7-11-9(5-1)10-6-2-4-8-12-10;/h1-13H;2*1-8H;/q;;;+6. The number of nitrogens with zero attached hydrogens (tertiary/aromatic N) is 9. The van der Waals surface area contributed by atoms with E-state index < -0.39 is 0 Å². The van der Waals surface area contributed by atoms with E-state index in [0.717, 1.165) is 77.5 Å². The van der Waals surface area contributed by atoms with Gasteiger partial charge in [-0.1, -0.05) is 48.5 Å². The van der Waals surface area contributed by atoms with Gasteiger partial charge in [0.25, 0.3) is 0 Å². The number of hydrogen-bond donors (Lipinski definition) is 0. The molecule has 0 fully saturated rings. The average molecular weight is 813 g/mol. The summed E-state index contributed by atoms with van der Waals surface area (Å²) >= 11 is 0. The molecule has 3 aromatic carbocycles. The second-order valence-electron chi connectivity index (χ2n) is 12.3. The van der Waals surface area contributed by atoms with Gasteiger partial charge in [0.15, 0.2) is 5.58 Å². The van der Waals surface area contributed by atoms with Crippen LogP contribution >= 0.6 is 0 Å². The number of rotatable bonds is 3. The zero-order valence-electron chi connectivity index (χ0n) is 29.5. The fourth-order valence-corrected chi connectivity index (χ4v) is 6.23. The number of pyridine rings is 6. The summed E-state index contributed by atoms with van der Waals surface area (Å²) in [6.07, 6.45) is 12.3. The fourth-order valence-electron chi connectivity index (χ4n) is 6.23. The van der Waals surface area contributed by atoms with Crippen LogP contribution in [0.15, 0.2) is 181 Å². The van der Waals surface area contributed by atoms with Crippen molar-refractivity contribution in [3.63, 3.8) is 0 Å². The Morgan fingerprint density at radius 2 is 0.804 bits per heavy atom. The van der Waals surface area contributed by atoms with E-state index in [1.807, 2.05) is 121 Å². The Morgan fingerprint density at radius 1 is 0.357 bits per heavy atom. The van der Waals surface area contributed by atoms with Crippen molar-refractivity contribution in [3.05, 3.63) is 177 Å². The normalized spacial score (nSPS) is 10.7. The minimum Gasteiger partial charge on any atom is -0.435 e. The average Bonchev–Trinajstić information content (AvgIpc) is 3.70. The van der Waals surface area contributed by atoms with Crippen molar-refractivity contribution >= 4 is 54.7 Å². The van der Waals surface area contributed by atoms with Gasteiger partial charge in [-0.25, -0.2) is 9.97 Å². The van der Waals surface area contributed by atoms with Gasteiger partial charge in [0.2, 0.25) is 5.89 Å². The van der Waals surface area contributed by atoms with Crippen LogP contribution in [0.2, 0.25) is 0 Å². The van der Waals surface area contributed by atoms with E-state index in [-0.39, 0.29) is 19.5 Å². The molecule has 0 saturated heterocycles. The predicted octanol–water partition coefficient (Wildman–Crippen LogP) is 9.97. The van der Waals surface area contributed by atoms with Crippen LogP contribution in [0.3, 0.4) is 0 Å². The van der Waals surface area contributed by atoms with E-state index in [1.54, 1.807) is 43.4 Å². The third-order valence-electron chi connectivity index (χ3n) is 8.78. The largest absolute Gasteiger partial charge is 6.00 e. The third-order valence-corrected chi connectivity index (χ3v) is 8.78. The summed E-state index contributed by atoms with van der Waals surface area (Å²) < 4.78 is 6.07. The maximum atomic E-state index is 6.07. The van der Waals surface area contributed by atoms with Crippen molar-refractivity contribution < 1.29 is 23.9 Å². The molecule has 10 nitrogen and oxygen atoms in total. The molecular weight excluding hydrogens is 784 g/mol. The van der Waals surface area contributed by atoms with E-state index in [2.05, 4.69) is 47.0 Å². The smallest absolute Gasteiger partial charge is 0.435 e. The molecule has 0 aliphatic carbocycles. The Balaban J connectivity index is 0.000000145. The molecule has 8 heterocycles. The summed E-state index contributed by atoms with van der Waals surface area (Å²) in [5.41, 5.74) is 8.94. The van der Waals surface area contributed by atoms with E-state index in [0.29, 0.717) is 11.6 Å². The molecule has 0 amide bonds. The van der Waals surface area contributed by atoms with Gasteiger partial charge in [-0.3, -0.25) is 34.9 Å². The summed E-state index contributed by atoms with van der Waals surface area (Å²) in [4.78, 5) is 40.2. The van der Waals surface area contributed by atoms with E-state index >= 15 is 0 Å². The molecule has 56 heavy (non-hydrogen) atoms. The first-order valence-electron chi connectivity index (χ1n) is 17.5. The van der Waals surface area contributed by atoms with Crippen LogP contribution in [0.5, 0.6) is 0 Å². The van der Waals surface area contributed by atoms with Crippen LogP contribution < -0.4 is 0 Å². The van der Waals surface area contributed by atoms with Gasteiger partial charge >= 0.3 is 19.5 Å². The zero-order valence-corrected chi connectivity index (χ0v) is 31.3. The summed E-state index contributed by atoms with van der Waals surface area (Å²) in [6.45, 7) is 0. The first kappa shape index (κ1) is 35.8. The minimum absolute atomic E-state index is 0. The summed E-state index contributed by atoms with van der Waals surface area (Å²) in [7, 11) is 0. The monoisotopic (exact) mass is 813 g/mol. The van der Waals surface area contributed by atoms with Crippen LogP contribution in [0.4, 0.5) is 0 Å². The van der Waals surface area contributed by atoms with Gasteiger partial charge in [-0.15, -0.1) is 0 Å². The van der Waals surface area contributed by atoms with Crippen LogP contribution in [0, 0.1) is 0 Å². The molecule has 262 valence electrons. The van der Waals surface area contributed by atoms with Crippen molar-refractivity contribution in [1.82, 2.24) is 44.9 Å². The molecule has 11 heteroatoms. The number of benzene rings is 3. The van der Waals surface area contributed by atoms with Crippen LogP contribution in [-0.2, 0) is 19.5 Å². The van der Waals surface area contributed by atoms with Crippen LogP contribution in [0.25, 0.3) is 89.1 Å².